The summed E-state index contributed by atoms with van der Waals surface area (Å²) in [6.45, 7) is 3.08. The van der Waals surface area contributed by atoms with Crippen LogP contribution in [0.5, 0.6) is 0 Å². The maximum atomic E-state index is 12.2. The summed E-state index contributed by atoms with van der Waals surface area (Å²) in [4.78, 5) is 23.5. The Hall–Kier alpha value is -2.94. The van der Waals surface area contributed by atoms with Gasteiger partial charge >= 0.3 is 0 Å². The van der Waals surface area contributed by atoms with E-state index in [2.05, 4.69) is 62.1 Å². The number of rotatable bonds is 11. The first-order valence-electron chi connectivity index (χ1n) is 10.2. The number of thiophene rings is 1. The minimum absolute atomic E-state index is 0.254. The van der Waals surface area contributed by atoms with E-state index in [1.165, 1.54) is 22.1 Å². The number of aromatic amines is 1. The Balaban J connectivity index is 1.42. The molecule has 0 fully saturated rings. The third-order valence-corrected chi connectivity index (χ3v) is 5.93. The molecule has 0 atom stereocenters. The number of aromatic nitrogens is 2. The molecule has 0 saturated heterocycles. The number of hydrogen-bond acceptors (Lipinski definition) is 6. The molecule has 0 bridgehead atoms. The molecule has 0 spiro atoms. The molecule has 0 aliphatic heterocycles. The monoisotopic (exact) mass is 438 g/mol. The van der Waals surface area contributed by atoms with Gasteiger partial charge in [-0.25, -0.2) is 4.98 Å². The summed E-state index contributed by atoms with van der Waals surface area (Å²) in [6.07, 6.45) is 4.41. The molecule has 3 heterocycles. The zero-order valence-electron chi connectivity index (χ0n) is 17.5. The first-order chi connectivity index (χ1) is 15.2. The van der Waals surface area contributed by atoms with Crippen molar-refractivity contribution in [1.82, 2.24) is 20.2 Å². The number of oxazole rings is 1. The number of methoxy groups -OCH3 is 1. The van der Waals surface area contributed by atoms with Gasteiger partial charge in [-0.3, -0.25) is 9.69 Å². The Morgan fingerprint density at radius 2 is 2.16 bits per heavy atom. The van der Waals surface area contributed by atoms with E-state index in [-0.39, 0.29) is 5.91 Å². The molecular weight excluding hydrogens is 412 g/mol. The zero-order valence-corrected chi connectivity index (χ0v) is 18.3. The van der Waals surface area contributed by atoms with Gasteiger partial charge < -0.3 is 19.5 Å². The average Bonchev–Trinajstić information content (AvgIpc) is 3.53. The number of carbonyl (C=O) groups excluding carboxylic acids is 1. The first kappa shape index (κ1) is 21.3. The number of benzene rings is 1. The molecule has 162 valence electrons. The molecule has 2 N–H and O–H groups in total. The molecule has 1 amide bonds. The molecule has 7 nitrogen and oxygen atoms in total. The van der Waals surface area contributed by atoms with Gasteiger partial charge in [0.05, 0.1) is 13.2 Å². The van der Waals surface area contributed by atoms with Gasteiger partial charge in [-0.2, -0.15) is 0 Å². The summed E-state index contributed by atoms with van der Waals surface area (Å²) in [7, 11) is 1.60. The summed E-state index contributed by atoms with van der Waals surface area (Å²) < 4.78 is 10.6. The lowest BCUT2D eigenvalue weighted by molar-refractivity contribution is 0.0932. The Bertz CT molecular complexity index is 1100. The highest BCUT2D eigenvalue weighted by Gasteiger charge is 2.16. The van der Waals surface area contributed by atoms with Crippen molar-refractivity contribution in [1.29, 1.82) is 0 Å². The number of amides is 1. The number of nitrogens with zero attached hydrogens (tertiary/aromatic N) is 2. The molecule has 31 heavy (non-hydrogen) atoms. The van der Waals surface area contributed by atoms with Crippen molar-refractivity contribution in [2.45, 2.75) is 19.5 Å². The summed E-state index contributed by atoms with van der Waals surface area (Å²) in [5.41, 5.74) is 2.73. The van der Waals surface area contributed by atoms with Gasteiger partial charge in [0.15, 0.2) is 5.69 Å². The van der Waals surface area contributed by atoms with E-state index in [1.54, 1.807) is 18.4 Å². The van der Waals surface area contributed by atoms with Crippen molar-refractivity contribution < 1.29 is 13.9 Å². The minimum Gasteiger partial charge on any atom is -0.447 e. The first-order valence-corrected chi connectivity index (χ1v) is 11.1. The molecule has 4 rings (SSSR count). The van der Waals surface area contributed by atoms with E-state index in [4.69, 9.17) is 9.15 Å². The number of ether oxygens (including phenoxy) is 1. The van der Waals surface area contributed by atoms with Gasteiger partial charge in [0, 0.05) is 48.7 Å². The van der Waals surface area contributed by atoms with Crippen molar-refractivity contribution in [2.24, 2.45) is 0 Å². The Labute approximate surface area is 185 Å². The summed E-state index contributed by atoms with van der Waals surface area (Å²) in [6, 6.07) is 12.5. The second-order valence-electron chi connectivity index (χ2n) is 7.27. The molecule has 0 radical (unpaired) electrons. The molecule has 0 saturated carbocycles. The van der Waals surface area contributed by atoms with Crippen LogP contribution in [0, 0.1) is 0 Å². The highest BCUT2D eigenvalue weighted by Crippen LogP contribution is 2.20. The fourth-order valence-corrected chi connectivity index (χ4v) is 4.24. The van der Waals surface area contributed by atoms with Crippen LogP contribution in [-0.2, 0) is 24.2 Å². The molecule has 3 aromatic heterocycles. The fourth-order valence-electron chi connectivity index (χ4n) is 3.49. The van der Waals surface area contributed by atoms with E-state index < -0.39 is 0 Å². The molecule has 0 unspecified atom stereocenters. The average molecular weight is 439 g/mol. The minimum atomic E-state index is -0.254. The van der Waals surface area contributed by atoms with Gasteiger partial charge in [-0.05, 0) is 29.5 Å². The molecule has 0 aliphatic rings. The Morgan fingerprint density at radius 3 is 3.00 bits per heavy atom. The standard InChI is InChI=1S/C23H26N4O3S/c1-29-11-9-24-23(28)21-16-30-22(26-21)15-27(14-18-5-4-12-31-18)10-8-17-13-25-20-7-3-2-6-19(17)20/h2-7,12-13,16,25H,8-11,14-15H2,1H3,(H,24,28). The molecule has 0 aliphatic carbocycles. The van der Waals surface area contributed by atoms with Crippen molar-refractivity contribution >= 4 is 28.1 Å². The van der Waals surface area contributed by atoms with Gasteiger partial charge in [0.25, 0.3) is 5.91 Å². The van der Waals surface area contributed by atoms with Crippen LogP contribution >= 0.6 is 11.3 Å². The third kappa shape index (κ3) is 5.61. The second kappa shape index (κ2) is 10.4. The topological polar surface area (TPSA) is 83.4 Å². The normalized spacial score (nSPS) is 11.4. The SMILES string of the molecule is COCCNC(=O)c1coc(CN(CCc2c[nH]c3ccccc23)Cc2cccs2)n1. The van der Waals surface area contributed by atoms with E-state index in [1.807, 2.05) is 6.07 Å². The fraction of sp³-hybridized carbons (Fsp3) is 0.304. The van der Waals surface area contributed by atoms with Crippen LogP contribution in [0.25, 0.3) is 10.9 Å². The summed E-state index contributed by atoms with van der Waals surface area (Å²) in [5.74, 6) is 0.281. The lowest BCUT2D eigenvalue weighted by Gasteiger charge is -2.20. The van der Waals surface area contributed by atoms with Crippen molar-refractivity contribution in [3.05, 3.63) is 76.3 Å². The lowest BCUT2D eigenvalue weighted by atomic mass is 10.1. The van der Waals surface area contributed by atoms with E-state index >= 15 is 0 Å². The van der Waals surface area contributed by atoms with E-state index in [0.29, 0.717) is 31.3 Å². The van der Waals surface area contributed by atoms with Gasteiger partial charge in [-0.15, -0.1) is 11.3 Å². The van der Waals surface area contributed by atoms with Gasteiger partial charge in [-0.1, -0.05) is 24.3 Å². The lowest BCUT2D eigenvalue weighted by Crippen LogP contribution is -2.27. The van der Waals surface area contributed by atoms with Crippen molar-refractivity contribution in [3.63, 3.8) is 0 Å². The summed E-state index contributed by atoms with van der Waals surface area (Å²) in [5, 5.41) is 6.10. The quantitative estimate of drug-likeness (QED) is 0.348. The van der Waals surface area contributed by atoms with Crippen molar-refractivity contribution in [3.8, 4) is 0 Å². The highest BCUT2D eigenvalue weighted by molar-refractivity contribution is 7.09. The summed E-state index contributed by atoms with van der Waals surface area (Å²) >= 11 is 1.73. The van der Waals surface area contributed by atoms with Crippen LogP contribution in [0.4, 0.5) is 0 Å². The predicted octanol–water partition coefficient (Wildman–Crippen LogP) is 3.84. The van der Waals surface area contributed by atoms with Crippen LogP contribution in [0.1, 0.15) is 26.8 Å². The predicted molar refractivity (Wildman–Crippen MR) is 121 cm³/mol. The Morgan fingerprint density at radius 1 is 1.26 bits per heavy atom. The van der Waals surface area contributed by atoms with Crippen LogP contribution in [-0.4, -0.2) is 47.6 Å². The third-order valence-electron chi connectivity index (χ3n) is 5.07. The number of fused-ring (bicyclic) bond motifs is 1. The molecule has 8 heteroatoms. The maximum Gasteiger partial charge on any atom is 0.273 e. The van der Waals surface area contributed by atoms with E-state index in [0.717, 1.165) is 25.0 Å². The van der Waals surface area contributed by atoms with Gasteiger partial charge in [0.1, 0.15) is 6.26 Å². The number of para-hydroxylation sites is 1. The number of H-pyrrole nitrogens is 1. The molecule has 4 aromatic rings. The number of nitrogens with one attached hydrogen (secondary N) is 2. The maximum absolute atomic E-state index is 12.2. The molecule has 1 aromatic carbocycles. The van der Waals surface area contributed by atoms with Crippen LogP contribution in [0.15, 0.2) is 58.7 Å². The number of hydrogen-bond donors (Lipinski definition) is 2. The van der Waals surface area contributed by atoms with Crippen LogP contribution in [0.2, 0.25) is 0 Å². The van der Waals surface area contributed by atoms with Crippen LogP contribution < -0.4 is 5.32 Å². The van der Waals surface area contributed by atoms with E-state index in [9.17, 15) is 4.79 Å². The van der Waals surface area contributed by atoms with Crippen LogP contribution in [0.3, 0.4) is 0 Å². The van der Waals surface area contributed by atoms with Crippen molar-refractivity contribution in [2.75, 3.05) is 26.8 Å². The van der Waals surface area contributed by atoms with Gasteiger partial charge in [0.2, 0.25) is 5.89 Å². The number of carbonyl (C=O) groups is 1. The highest BCUT2D eigenvalue weighted by atomic mass is 32.1. The second-order valence-corrected chi connectivity index (χ2v) is 8.31. The Kier molecular flexibility index (Phi) is 7.14. The zero-order chi connectivity index (χ0) is 21.5. The smallest absolute Gasteiger partial charge is 0.273 e. The largest absolute Gasteiger partial charge is 0.447 e. The molecular formula is C23H26N4O3S.